The average molecular weight is 656 g/mol. The first-order valence-corrected chi connectivity index (χ1v) is 16.4. The van der Waals surface area contributed by atoms with Gasteiger partial charge in [-0.1, -0.05) is 44.2 Å². The Morgan fingerprint density at radius 2 is 1.85 bits per heavy atom. The van der Waals surface area contributed by atoms with Crippen LogP contribution in [0, 0.1) is 22.0 Å². The highest BCUT2D eigenvalue weighted by Crippen LogP contribution is 2.40. The van der Waals surface area contributed by atoms with Gasteiger partial charge in [0.2, 0.25) is 23.6 Å². The number of H-pyrrole nitrogens is 1. The van der Waals surface area contributed by atoms with Gasteiger partial charge in [-0.15, -0.1) is 0 Å². The zero-order valence-corrected chi connectivity index (χ0v) is 27.3. The molecule has 0 spiro atoms. The molecule has 0 bridgehead atoms. The van der Waals surface area contributed by atoms with Crippen LogP contribution in [-0.4, -0.2) is 87.6 Å². The molecule has 1 aromatic heterocycles. The summed E-state index contributed by atoms with van der Waals surface area (Å²) < 4.78 is 0. The number of amides is 4. The van der Waals surface area contributed by atoms with Gasteiger partial charge in [-0.3, -0.25) is 34.2 Å². The number of benzene rings is 2. The third kappa shape index (κ3) is 6.29. The maximum atomic E-state index is 13.9. The Kier molecular flexibility index (Phi) is 9.06. The first kappa shape index (κ1) is 32.9. The predicted molar refractivity (Wildman–Crippen MR) is 179 cm³/mol. The van der Waals surface area contributed by atoms with E-state index in [1.807, 2.05) is 39.1 Å². The van der Waals surface area contributed by atoms with E-state index in [-0.39, 0.29) is 30.0 Å². The van der Waals surface area contributed by atoms with Gasteiger partial charge in [-0.2, -0.15) is 0 Å². The number of hydrogen-bond donors (Lipinski definition) is 4. The number of primary amides is 1. The van der Waals surface area contributed by atoms with Crippen molar-refractivity contribution in [2.45, 2.75) is 63.7 Å². The number of fused-ring (bicyclic) bond motifs is 2. The van der Waals surface area contributed by atoms with E-state index in [0.29, 0.717) is 31.5 Å². The number of aromatic nitrogens is 1. The number of nitrogens with one attached hydrogen (secondary N) is 3. The number of likely N-dealkylation sites (N-methyl/N-ethyl adjacent to an activating group) is 1. The van der Waals surface area contributed by atoms with E-state index in [0.717, 1.165) is 23.1 Å². The molecule has 5 N–H and O–H groups in total. The largest absolute Gasteiger partial charge is 0.368 e. The summed E-state index contributed by atoms with van der Waals surface area (Å²) in [4.78, 5) is 71.3. The molecule has 0 saturated carbocycles. The summed E-state index contributed by atoms with van der Waals surface area (Å²) in [6.07, 6.45) is 5.96. The van der Waals surface area contributed by atoms with Crippen LogP contribution >= 0.6 is 0 Å². The van der Waals surface area contributed by atoms with Crippen LogP contribution in [0.25, 0.3) is 16.5 Å². The highest BCUT2D eigenvalue weighted by Gasteiger charge is 2.40. The number of nitro groups is 1. The molecule has 1 saturated heterocycles. The minimum absolute atomic E-state index is 0.0247. The fraction of sp³-hybridized carbons (Fsp3) is 0.429. The molecule has 5 atom stereocenters. The molecular formula is C35H41N7O6. The molecule has 2 aromatic carbocycles. The summed E-state index contributed by atoms with van der Waals surface area (Å²) in [6.45, 7) is 4.43. The van der Waals surface area contributed by atoms with Gasteiger partial charge in [0, 0.05) is 54.8 Å². The number of nitro benzene ring substituents is 1. The fourth-order valence-corrected chi connectivity index (χ4v) is 7.39. The number of non-ortho nitro benzene ring substituents is 1. The normalized spacial score (nSPS) is 21.7. The quantitative estimate of drug-likeness (QED) is 0.191. The number of carbonyl (C=O) groups excluding carboxylic acids is 4. The molecule has 1 aliphatic carbocycles. The second-order valence-electron chi connectivity index (χ2n) is 13.4. The van der Waals surface area contributed by atoms with E-state index in [1.54, 1.807) is 0 Å². The number of nitrogens with two attached hydrogens (primary N) is 1. The lowest BCUT2D eigenvalue weighted by Crippen LogP contribution is -2.58. The molecule has 252 valence electrons. The van der Waals surface area contributed by atoms with Gasteiger partial charge in [0.15, 0.2) is 0 Å². The van der Waals surface area contributed by atoms with E-state index < -0.39 is 46.7 Å². The Labute approximate surface area is 278 Å². The fourth-order valence-electron chi connectivity index (χ4n) is 7.39. The first-order chi connectivity index (χ1) is 22.9. The number of aromatic amines is 1. The van der Waals surface area contributed by atoms with E-state index in [9.17, 15) is 29.3 Å². The summed E-state index contributed by atoms with van der Waals surface area (Å²) >= 11 is 0. The van der Waals surface area contributed by atoms with E-state index >= 15 is 0 Å². The molecule has 13 nitrogen and oxygen atoms in total. The van der Waals surface area contributed by atoms with Crippen LogP contribution < -0.4 is 16.4 Å². The summed E-state index contributed by atoms with van der Waals surface area (Å²) in [6, 6.07) is 9.16. The Morgan fingerprint density at radius 3 is 2.54 bits per heavy atom. The maximum Gasteiger partial charge on any atom is 0.269 e. The standard InChI is InChI=1S/C35H41N7O6/c1-19(2)31(39-33(44)22-15-25-24-6-4-7-26-30(24)21(17-37-26)16-29(25)40(3)18-22)34(45)38-27(14-20-9-11-23(12-10-20)42(47)48)35(46)41-13-5-8-28(41)32(36)43/h4,6-7,9-12,15,17,19,22,27-29,31,37H,5,8,13-14,16,18H2,1-3H3,(H2,36,43)(H,38,45)(H,39,44)/t22-,27-,28-,29+,31-/m0/s1. The lowest BCUT2D eigenvalue weighted by molar-refractivity contribution is -0.384. The smallest absolute Gasteiger partial charge is 0.269 e. The van der Waals surface area contributed by atoms with Crippen LogP contribution in [0.1, 0.15) is 43.4 Å². The van der Waals surface area contributed by atoms with Crippen molar-refractivity contribution in [3.8, 4) is 0 Å². The van der Waals surface area contributed by atoms with Gasteiger partial charge in [0.1, 0.15) is 18.1 Å². The number of likely N-dealkylation sites (tertiary alicyclic amines) is 1. The van der Waals surface area contributed by atoms with Crippen molar-refractivity contribution in [1.29, 1.82) is 0 Å². The molecule has 3 aliphatic rings. The van der Waals surface area contributed by atoms with Crippen LogP contribution in [-0.2, 0) is 32.0 Å². The lowest BCUT2D eigenvalue weighted by Gasteiger charge is -2.39. The highest BCUT2D eigenvalue weighted by atomic mass is 16.6. The van der Waals surface area contributed by atoms with E-state index in [4.69, 9.17) is 5.73 Å². The summed E-state index contributed by atoms with van der Waals surface area (Å²) in [5.74, 6) is -2.75. The number of rotatable bonds is 10. The molecular weight excluding hydrogens is 614 g/mol. The van der Waals surface area contributed by atoms with Crippen LogP contribution in [0.15, 0.2) is 54.7 Å². The molecule has 2 aliphatic heterocycles. The van der Waals surface area contributed by atoms with Gasteiger partial charge >= 0.3 is 0 Å². The number of hydrogen-bond acceptors (Lipinski definition) is 7. The molecule has 1 fully saturated rings. The summed E-state index contributed by atoms with van der Waals surface area (Å²) in [7, 11) is 2.01. The van der Waals surface area contributed by atoms with Crippen LogP contribution in [0.3, 0.4) is 0 Å². The summed E-state index contributed by atoms with van der Waals surface area (Å²) in [5, 5.41) is 18.2. The molecule has 4 amide bonds. The monoisotopic (exact) mass is 655 g/mol. The zero-order chi connectivity index (χ0) is 34.3. The second kappa shape index (κ2) is 13.2. The minimum Gasteiger partial charge on any atom is -0.368 e. The number of nitrogens with zero attached hydrogens (tertiary/aromatic N) is 3. The van der Waals surface area contributed by atoms with Crippen molar-refractivity contribution in [3.05, 3.63) is 81.5 Å². The molecule has 6 rings (SSSR count). The Morgan fingerprint density at radius 1 is 1.10 bits per heavy atom. The third-order valence-corrected chi connectivity index (χ3v) is 9.92. The Balaban J connectivity index is 1.22. The van der Waals surface area contributed by atoms with Crippen molar-refractivity contribution >= 4 is 45.8 Å². The second-order valence-corrected chi connectivity index (χ2v) is 13.4. The average Bonchev–Trinajstić information content (AvgIpc) is 3.72. The molecule has 13 heteroatoms. The van der Waals surface area contributed by atoms with E-state index in [2.05, 4.69) is 32.8 Å². The van der Waals surface area contributed by atoms with Gasteiger partial charge in [0.25, 0.3) is 5.69 Å². The van der Waals surface area contributed by atoms with Crippen LogP contribution in [0.4, 0.5) is 5.69 Å². The van der Waals surface area contributed by atoms with E-state index in [1.165, 1.54) is 40.1 Å². The van der Waals surface area contributed by atoms with Crippen molar-refractivity contribution in [2.24, 2.45) is 17.6 Å². The molecule has 3 aromatic rings. The van der Waals surface area contributed by atoms with Crippen LogP contribution in [0.2, 0.25) is 0 Å². The summed E-state index contributed by atoms with van der Waals surface area (Å²) in [5.41, 5.74) is 10.6. The van der Waals surface area contributed by atoms with Gasteiger partial charge in [-0.05, 0) is 60.6 Å². The topological polar surface area (TPSA) is 184 Å². The number of carbonyl (C=O) groups is 4. The van der Waals surface area contributed by atoms with Crippen molar-refractivity contribution in [3.63, 3.8) is 0 Å². The zero-order valence-electron chi connectivity index (χ0n) is 27.3. The van der Waals surface area contributed by atoms with Crippen molar-refractivity contribution in [1.82, 2.24) is 25.4 Å². The van der Waals surface area contributed by atoms with Gasteiger partial charge in [-0.25, -0.2) is 0 Å². The van der Waals surface area contributed by atoms with Crippen LogP contribution in [0.5, 0.6) is 0 Å². The van der Waals surface area contributed by atoms with Gasteiger partial charge < -0.3 is 26.3 Å². The SMILES string of the molecule is CC(C)[C@H](NC(=O)[C@H]1C=C2c3cccc4[nH]cc(c34)C[C@H]2N(C)C1)C(=O)N[C@@H](Cc1ccc([N+](=O)[O-])cc1)C(=O)N1CCC[C@H]1C(N)=O. The third-order valence-electron chi connectivity index (χ3n) is 9.92. The predicted octanol–water partition coefficient (Wildman–Crippen LogP) is 2.29. The van der Waals surface area contributed by atoms with Gasteiger partial charge in [0.05, 0.1) is 10.8 Å². The highest BCUT2D eigenvalue weighted by molar-refractivity contribution is 6.00. The Bertz CT molecular complexity index is 1800. The first-order valence-electron chi connectivity index (χ1n) is 16.4. The van der Waals surface area contributed by atoms with Crippen molar-refractivity contribution < 1.29 is 24.1 Å². The molecule has 48 heavy (non-hydrogen) atoms. The van der Waals surface area contributed by atoms with Crippen molar-refractivity contribution in [2.75, 3.05) is 20.1 Å². The Hall–Kier alpha value is -5.04. The minimum atomic E-state index is -1.10. The molecule has 0 radical (unpaired) electrons. The molecule has 0 unspecified atom stereocenters. The lowest BCUT2D eigenvalue weighted by atomic mass is 9.79. The maximum absolute atomic E-state index is 13.9. The molecule has 3 heterocycles.